The van der Waals surface area contributed by atoms with E-state index in [0.717, 1.165) is 46.9 Å². The summed E-state index contributed by atoms with van der Waals surface area (Å²) in [5, 5.41) is 4.43. The Morgan fingerprint density at radius 1 is 1.16 bits per heavy atom. The van der Waals surface area contributed by atoms with Crippen LogP contribution in [0, 0.1) is 6.92 Å². The maximum atomic E-state index is 6.56. The first-order chi connectivity index (χ1) is 17.5. The lowest BCUT2D eigenvalue weighted by Gasteiger charge is -2.25. The number of nitrogens with two attached hydrogens (primary N) is 1. The molecule has 37 heavy (non-hydrogen) atoms. The van der Waals surface area contributed by atoms with E-state index in [9.17, 15) is 0 Å². The van der Waals surface area contributed by atoms with Gasteiger partial charge in [-0.2, -0.15) is 11.8 Å². The normalized spacial score (nSPS) is 25.1. The van der Waals surface area contributed by atoms with E-state index in [1.165, 1.54) is 11.9 Å². The van der Waals surface area contributed by atoms with Gasteiger partial charge in [-0.25, -0.2) is 9.97 Å². The number of nitrogens with one attached hydrogen (secondary N) is 1. The molecule has 2 aliphatic rings. The van der Waals surface area contributed by atoms with E-state index in [1.807, 2.05) is 55.6 Å². The van der Waals surface area contributed by atoms with Crippen molar-refractivity contribution < 1.29 is 14.2 Å². The van der Waals surface area contributed by atoms with Crippen LogP contribution in [0.2, 0.25) is 0 Å². The zero-order valence-electron chi connectivity index (χ0n) is 22.5. The topological polar surface area (TPSA) is 109 Å². The average molecular weight is 527 g/mol. The first kappa shape index (κ1) is 26.4. The quantitative estimate of drug-likeness (QED) is 0.422. The third kappa shape index (κ3) is 5.35. The van der Waals surface area contributed by atoms with Crippen molar-refractivity contribution in [2.75, 3.05) is 23.8 Å². The van der Waals surface area contributed by atoms with Gasteiger partial charge in [0.05, 0.1) is 17.2 Å². The molecular weight excluding hydrogens is 488 g/mol. The second-order valence-corrected chi connectivity index (χ2v) is 12.5. The van der Waals surface area contributed by atoms with Crippen molar-refractivity contribution in [1.82, 2.24) is 24.8 Å². The van der Waals surface area contributed by atoms with Gasteiger partial charge in [0.2, 0.25) is 0 Å². The minimum Gasteiger partial charge on any atom is -0.383 e. The number of anilines is 1. The Hall–Kier alpha value is -2.24. The molecule has 0 spiro atoms. The second kappa shape index (κ2) is 10.1. The molecule has 4 unspecified atom stereocenters. The van der Waals surface area contributed by atoms with Crippen molar-refractivity contribution in [3.05, 3.63) is 47.7 Å². The van der Waals surface area contributed by atoms with Crippen molar-refractivity contribution in [3.8, 4) is 0 Å². The highest BCUT2D eigenvalue weighted by Gasteiger charge is 2.55. The van der Waals surface area contributed by atoms with Crippen LogP contribution in [0.4, 0.5) is 5.82 Å². The molecule has 2 aliphatic heterocycles. The van der Waals surface area contributed by atoms with Crippen LogP contribution < -0.4 is 11.1 Å². The second-order valence-electron chi connectivity index (χ2n) is 11.3. The van der Waals surface area contributed by atoms with Gasteiger partial charge in [-0.1, -0.05) is 26.8 Å². The molecule has 3 aromatic rings. The van der Waals surface area contributed by atoms with Crippen LogP contribution in [0.1, 0.15) is 57.7 Å². The lowest BCUT2D eigenvalue weighted by Crippen LogP contribution is -2.31. The van der Waals surface area contributed by atoms with E-state index in [0.29, 0.717) is 5.82 Å². The van der Waals surface area contributed by atoms with E-state index in [2.05, 4.69) is 47.1 Å². The maximum absolute atomic E-state index is 6.56. The molecule has 0 amide bonds. The predicted octanol–water partition coefficient (Wildman–Crippen LogP) is 3.95. The number of hydrogen-bond donors (Lipinski definition) is 2. The standard InChI is InChI=1S/C27H38N6O3S/c1-16-13-33(24-19(16)23(28)31-15-32-24)25-21-20(35-27(5,6)36-21)18(34-25)14-37-11-10-29-12-17-8-7-9-30-22(17)26(2,3)4/h7-9,13,15,18,20-21,25,29H,10-12,14H2,1-6H3,(H2,28,31,32). The zero-order chi connectivity index (χ0) is 26.4. The Balaban J connectivity index is 1.20. The molecule has 200 valence electrons. The summed E-state index contributed by atoms with van der Waals surface area (Å²) in [6.07, 6.45) is 4.57. The van der Waals surface area contributed by atoms with Crippen molar-refractivity contribution in [2.24, 2.45) is 0 Å². The van der Waals surface area contributed by atoms with E-state index in [-0.39, 0.29) is 30.0 Å². The monoisotopic (exact) mass is 526 g/mol. The van der Waals surface area contributed by atoms with Gasteiger partial charge in [-0.3, -0.25) is 4.98 Å². The number of ether oxygens (including phenoxy) is 3. The van der Waals surface area contributed by atoms with E-state index in [4.69, 9.17) is 19.9 Å². The van der Waals surface area contributed by atoms with Crippen molar-refractivity contribution in [3.63, 3.8) is 0 Å². The van der Waals surface area contributed by atoms with E-state index in [1.54, 1.807) is 0 Å². The lowest BCUT2D eigenvalue weighted by molar-refractivity contribution is -0.193. The van der Waals surface area contributed by atoms with Gasteiger partial charge in [0.1, 0.15) is 30.0 Å². The van der Waals surface area contributed by atoms with E-state index >= 15 is 0 Å². The average Bonchev–Trinajstić information content (AvgIpc) is 3.44. The van der Waals surface area contributed by atoms with Gasteiger partial charge < -0.3 is 29.8 Å². The van der Waals surface area contributed by atoms with Crippen LogP contribution in [0.3, 0.4) is 0 Å². The highest BCUT2D eigenvalue weighted by molar-refractivity contribution is 7.99. The fraction of sp³-hybridized carbons (Fsp3) is 0.593. The molecule has 5 rings (SSSR count). The van der Waals surface area contributed by atoms with Crippen LogP contribution in [0.5, 0.6) is 0 Å². The molecule has 3 N–H and O–H groups in total. The molecule has 4 atom stereocenters. The highest BCUT2D eigenvalue weighted by Crippen LogP contribution is 2.45. The first-order valence-corrected chi connectivity index (χ1v) is 14.0. The molecule has 2 fully saturated rings. The van der Waals surface area contributed by atoms with Gasteiger partial charge in [-0.05, 0) is 38.0 Å². The summed E-state index contributed by atoms with van der Waals surface area (Å²) in [7, 11) is 0. The molecule has 0 aliphatic carbocycles. The molecule has 9 nitrogen and oxygen atoms in total. The molecule has 0 radical (unpaired) electrons. The summed E-state index contributed by atoms with van der Waals surface area (Å²) in [6, 6.07) is 4.16. The number of nitrogens with zero attached hydrogens (tertiary/aromatic N) is 4. The van der Waals surface area contributed by atoms with Crippen LogP contribution in [0.25, 0.3) is 11.0 Å². The summed E-state index contributed by atoms with van der Waals surface area (Å²) in [4.78, 5) is 13.3. The van der Waals surface area contributed by atoms with Crippen LogP contribution in [-0.2, 0) is 26.2 Å². The third-order valence-corrected chi connectivity index (χ3v) is 7.91. The summed E-state index contributed by atoms with van der Waals surface area (Å²) in [6.45, 7) is 14.2. The first-order valence-electron chi connectivity index (χ1n) is 12.9. The van der Waals surface area contributed by atoms with Gasteiger partial charge >= 0.3 is 0 Å². The summed E-state index contributed by atoms with van der Waals surface area (Å²) >= 11 is 1.86. The minimum absolute atomic E-state index is 0.0262. The Kier molecular flexibility index (Phi) is 7.23. The molecule has 0 bridgehead atoms. The number of aryl methyl sites for hydroxylation is 1. The fourth-order valence-electron chi connectivity index (χ4n) is 5.33. The number of pyridine rings is 1. The van der Waals surface area contributed by atoms with Crippen LogP contribution >= 0.6 is 11.8 Å². The van der Waals surface area contributed by atoms with Crippen LogP contribution in [0.15, 0.2) is 30.9 Å². The Labute approximate surface area is 222 Å². The molecule has 10 heteroatoms. The number of hydrogen-bond acceptors (Lipinski definition) is 9. The molecular formula is C27H38N6O3S. The summed E-state index contributed by atoms with van der Waals surface area (Å²) in [5.74, 6) is 1.59. The van der Waals surface area contributed by atoms with Crippen molar-refractivity contribution in [2.45, 2.75) is 83.8 Å². The van der Waals surface area contributed by atoms with Crippen molar-refractivity contribution in [1.29, 1.82) is 0 Å². The molecule has 2 saturated heterocycles. The van der Waals surface area contributed by atoms with Gasteiger partial charge in [-0.15, -0.1) is 0 Å². The maximum Gasteiger partial charge on any atom is 0.164 e. The largest absolute Gasteiger partial charge is 0.383 e. The fourth-order valence-corrected chi connectivity index (χ4v) is 6.29. The molecule has 5 heterocycles. The Bertz CT molecular complexity index is 1260. The number of aromatic nitrogens is 4. The van der Waals surface area contributed by atoms with Crippen molar-refractivity contribution >= 4 is 28.6 Å². The zero-order valence-corrected chi connectivity index (χ0v) is 23.3. The number of thioether (sulfide) groups is 1. The predicted molar refractivity (Wildman–Crippen MR) is 146 cm³/mol. The molecule has 0 saturated carbocycles. The number of rotatable bonds is 8. The number of fused-ring (bicyclic) bond motifs is 2. The van der Waals surface area contributed by atoms with Gasteiger partial charge in [0, 0.05) is 42.4 Å². The smallest absolute Gasteiger partial charge is 0.164 e. The number of nitrogen functional groups attached to an aromatic ring is 1. The molecule has 0 aromatic carbocycles. The highest BCUT2D eigenvalue weighted by atomic mass is 32.2. The van der Waals surface area contributed by atoms with Crippen LogP contribution in [-0.4, -0.2) is 61.7 Å². The summed E-state index contributed by atoms with van der Waals surface area (Å²) < 4.78 is 21.2. The van der Waals surface area contributed by atoms with E-state index < -0.39 is 5.79 Å². The van der Waals surface area contributed by atoms with Gasteiger partial charge in [0.25, 0.3) is 0 Å². The Morgan fingerprint density at radius 3 is 2.73 bits per heavy atom. The summed E-state index contributed by atoms with van der Waals surface area (Å²) in [5.41, 5.74) is 10.3. The SMILES string of the molecule is Cc1cn(C2OC(CSCCNCc3cccnc3C(C)(C)C)C3OC(C)(C)OC32)c2ncnc(N)c12. The lowest BCUT2D eigenvalue weighted by atomic mass is 9.88. The minimum atomic E-state index is -0.664. The van der Waals surface area contributed by atoms with Gasteiger partial charge in [0.15, 0.2) is 12.0 Å². The molecule has 3 aromatic heterocycles. The Morgan fingerprint density at radius 2 is 1.95 bits per heavy atom. The third-order valence-electron chi connectivity index (χ3n) is 6.85.